The molecule has 11 nitrogen and oxygen atoms in total. The molecule has 0 spiro atoms. The molecule has 4 aromatic rings. The molecule has 3 aromatic heterocycles. The molecule has 0 bridgehead atoms. The molecule has 0 atom stereocenters. The van der Waals surface area contributed by atoms with E-state index in [0.717, 1.165) is 75.9 Å². The number of H-pyrrole nitrogens is 2. The lowest BCUT2D eigenvalue weighted by atomic mass is 10.0. The molecule has 2 fully saturated rings. The first-order valence-corrected chi connectivity index (χ1v) is 12.1. The van der Waals surface area contributed by atoms with Gasteiger partial charge in [-0.05, 0) is 18.8 Å². The molecule has 0 amide bonds. The van der Waals surface area contributed by atoms with Crippen molar-refractivity contribution in [3.05, 3.63) is 46.8 Å². The Morgan fingerprint density at radius 2 is 1.71 bits per heavy atom. The van der Waals surface area contributed by atoms with E-state index in [2.05, 4.69) is 30.0 Å². The van der Waals surface area contributed by atoms with Crippen molar-refractivity contribution in [1.82, 2.24) is 39.6 Å². The van der Waals surface area contributed by atoms with Crippen LogP contribution in [0.5, 0.6) is 0 Å². The fourth-order valence-corrected chi connectivity index (χ4v) is 4.67. The minimum atomic E-state index is -0.170. The van der Waals surface area contributed by atoms with E-state index in [1.54, 1.807) is 10.8 Å². The number of aromatic amines is 2. The highest BCUT2D eigenvalue weighted by molar-refractivity contribution is 5.72. The number of nitrogens with one attached hydrogen (secondary N) is 2. The highest BCUT2D eigenvalue weighted by Crippen LogP contribution is 2.23. The first kappa shape index (κ1) is 22.1. The van der Waals surface area contributed by atoms with Gasteiger partial charge in [-0.25, -0.2) is 19.7 Å². The van der Waals surface area contributed by atoms with Gasteiger partial charge in [-0.2, -0.15) is 5.10 Å². The van der Waals surface area contributed by atoms with E-state index < -0.39 is 0 Å². The highest BCUT2D eigenvalue weighted by atomic mass is 16.5. The third-order valence-corrected chi connectivity index (χ3v) is 6.71. The molecule has 2 saturated heterocycles. The smallest absolute Gasteiger partial charge is 0.328 e. The molecule has 2 aliphatic heterocycles. The highest BCUT2D eigenvalue weighted by Gasteiger charge is 2.19. The molecule has 35 heavy (non-hydrogen) atoms. The number of benzene rings is 1. The Morgan fingerprint density at radius 3 is 2.51 bits per heavy atom. The second-order valence-corrected chi connectivity index (χ2v) is 9.10. The largest absolute Gasteiger partial charge is 0.381 e. The van der Waals surface area contributed by atoms with Crippen molar-refractivity contribution in [2.24, 2.45) is 5.92 Å². The molecular formula is C24H28N8O3. The van der Waals surface area contributed by atoms with Crippen molar-refractivity contribution < 1.29 is 9.47 Å². The zero-order chi connectivity index (χ0) is 23.6. The Morgan fingerprint density at radius 1 is 0.971 bits per heavy atom. The topological polar surface area (TPSA) is 127 Å². The van der Waals surface area contributed by atoms with E-state index in [0.29, 0.717) is 35.3 Å². The van der Waals surface area contributed by atoms with Gasteiger partial charge in [0, 0.05) is 44.0 Å². The van der Waals surface area contributed by atoms with Crippen LogP contribution < -0.4 is 5.69 Å². The minimum absolute atomic E-state index is 0.170. The van der Waals surface area contributed by atoms with Gasteiger partial charge in [0.2, 0.25) is 0 Å². The number of hydrogen-bond acceptors (Lipinski definition) is 8. The Hall–Kier alpha value is -3.41. The van der Waals surface area contributed by atoms with E-state index in [4.69, 9.17) is 14.5 Å². The minimum Gasteiger partial charge on any atom is -0.381 e. The summed E-state index contributed by atoms with van der Waals surface area (Å²) < 4.78 is 12.6. The SMILES string of the molecule is O=c1[nH]c2ncc(-c3ccc(-c4n[nH]c(CN5CCOCC5)n4)cc3)nc2n1CC1CCOCC1. The van der Waals surface area contributed by atoms with Crippen LogP contribution in [0.15, 0.2) is 35.3 Å². The fourth-order valence-electron chi connectivity index (χ4n) is 4.67. The number of nitrogens with zero attached hydrogens (tertiary/aromatic N) is 6. The molecule has 0 radical (unpaired) electrons. The van der Waals surface area contributed by atoms with E-state index in [-0.39, 0.29) is 5.69 Å². The van der Waals surface area contributed by atoms with E-state index in [9.17, 15) is 4.79 Å². The zero-order valence-electron chi connectivity index (χ0n) is 19.4. The number of aromatic nitrogens is 7. The Balaban J connectivity index is 1.21. The first-order valence-electron chi connectivity index (χ1n) is 12.1. The average molecular weight is 477 g/mol. The summed E-state index contributed by atoms with van der Waals surface area (Å²) in [6.45, 7) is 6.15. The van der Waals surface area contributed by atoms with Crippen molar-refractivity contribution in [2.75, 3.05) is 39.5 Å². The Kier molecular flexibility index (Phi) is 6.11. The number of ether oxygens (including phenoxy) is 2. The fraction of sp³-hybridized carbons (Fsp3) is 0.458. The van der Waals surface area contributed by atoms with Crippen molar-refractivity contribution >= 4 is 11.3 Å². The van der Waals surface area contributed by atoms with Gasteiger partial charge in [0.25, 0.3) is 0 Å². The Labute approximate surface area is 201 Å². The van der Waals surface area contributed by atoms with E-state index in [1.165, 1.54) is 0 Å². The summed E-state index contributed by atoms with van der Waals surface area (Å²) in [6, 6.07) is 7.93. The molecule has 2 N–H and O–H groups in total. The predicted molar refractivity (Wildman–Crippen MR) is 129 cm³/mol. The first-order chi connectivity index (χ1) is 17.2. The number of fused-ring (bicyclic) bond motifs is 1. The van der Waals surface area contributed by atoms with Gasteiger partial charge >= 0.3 is 5.69 Å². The summed E-state index contributed by atoms with van der Waals surface area (Å²) in [4.78, 5) is 31.6. The van der Waals surface area contributed by atoms with Crippen LogP contribution >= 0.6 is 0 Å². The van der Waals surface area contributed by atoms with Crippen LogP contribution in [0, 0.1) is 5.92 Å². The monoisotopic (exact) mass is 476 g/mol. The number of imidazole rings is 1. The molecule has 6 rings (SSSR count). The van der Waals surface area contributed by atoms with E-state index in [1.807, 2.05) is 24.3 Å². The normalized spacial score (nSPS) is 17.8. The summed E-state index contributed by atoms with van der Waals surface area (Å²) in [5.74, 6) is 1.91. The second-order valence-electron chi connectivity index (χ2n) is 9.10. The second kappa shape index (κ2) is 9.68. The molecule has 1 aromatic carbocycles. The van der Waals surface area contributed by atoms with Crippen molar-refractivity contribution in [2.45, 2.75) is 25.9 Å². The standard InChI is InChI=1S/C24H28N8O3/c33-24-28-22-23(32(24)14-16-5-9-34-10-6-16)26-19(13-25-22)17-1-3-18(4-2-17)21-27-20(29-30-21)15-31-7-11-35-12-8-31/h1-4,13,16H,5-12,14-15H2,(H,25,28,33)(H,27,29,30). The van der Waals surface area contributed by atoms with Gasteiger partial charge < -0.3 is 9.47 Å². The van der Waals surface area contributed by atoms with Crippen LogP contribution in [-0.4, -0.2) is 79.1 Å². The third kappa shape index (κ3) is 4.75. The molecule has 182 valence electrons. The predicted octanol–water partition coefficient (Wildman–Crippen LogP) is 1.83. The lowest BCUT2D eigenvalue weighted by Gasteiger charge is -2.25. The maximum atomic E-state index is 12.6. The van der Waals surface area contributed by atoms with Crippen LogP contribution in [0.25, 0.3) is 33.9 Å². The van der Waals surface area contributed by atoms with Crippen molar-refractivity contribution in [3.8, 4) is 22.6 Å². The molecule has 5 heterocycles. The van der Waals surface area contributed by atoms with Gasteiger partial charge in [0.15, 0.2) is 17.1 Å². The summed E-state index contributed by atoms with van der Waals surface area (Å²) in [5, 5.41) is 7.44. The van der Waals surface area contributed by atoms with Crippen LogP contribution in [0.1, 0.15) is 18.7 Å². The van der Waals surface area contributed by atoms with Crippen molar-refractivity contribution in [3.63, 3.8) is 0 Å². The zero-order valence-corrected chi connectivity index (χ0v) is 19.4. The summed E-state index contributed by atoms with van der Waals surface area (Å²) in [5.41, 5.74) is 3.48. The van der Waals surface area contributed by atoms with Gasteiger partial charge in [-0.3, -0.25) is 19.5 Å². The summed E-state index contributed by atoms with van der Waals surface area (Å²) >= 11 is 0. The number of rotatable bonds is 6. The maximum absolute atomic E-state index is 12.6. The Bertz CT molecular complexity index is 1350. The van der Waals surface area contributed by atoms with Gasteiger partial charge in [0.05, 0.1) is 31.6 Å². The molecule has 11 heteroatoms. The quantitative estimate of drug-likeness (QED) is 0.432. The van der Waals surface area contributed by atoms with Gasteiger partial charge in [0.1, 0.15) is 5.82 Å². The molecule has 2 aliphatic rings. The average Bonchev–Trinajstić information content (AvgIpc) is 3.49. The molecule has 0 aliphatic carbocycles. The van der Waals surface area contributed by atoms with Crippen molar-refractivity contribution in [1.29, 1.82) is 0 Å². The van der Waals surface area contributed by atoms with E-state index >= 15 is 0 Å². The van der Waals surface area contributed by atoms with Crippen LogP contribution in [-0.2, 0) is 22.6 Å². The van der Waals surface area contributed by atoms with Crippen LogP contribution in [0.4, 0.5) is 0 Å². The van der Waals surface area contributed by atoms with Crippen LogP contribution in [0.2, 0.25) is 0 Å². The molecular weight excluding hydrogens is 448 g/mol. The lowest BCUT2D eigenvalue weighted by Crippen LogP contribution is -2.35. The lowest BCUT2D eigenvalue weighted by molar-refractivity contribution is 0.0331. The maximum Gasteiger partial charge on any atom is 0.328 e. The number of hydrogen-bond donors (Lipinski definition) is 2. The summed E-state index contributed by atoms with van der Waals surface area (Å²) in [6.07, 6.45) is 3.59. The molecule has 0 saturated carbocycles. The summed E-state index contributed by atoms with van der Waals surface area (Å²) in [7, 11) is 0. The third-order valence-electron chi connectivity index (χ3n) is 6.71. The van der Waals surface area contributed by atoms with Crippen LogP contribution in [0.3, 0.4) is 0 Å². The van der Waals surface area contributed by atoms with Gasteiger partial charge in [-0.1, -0.05) is 24.3 Å². The molecule has 0 unspecified atom stereocenters. The van der Waals surface area contributed by atoms with Gasteiger partial charge in [-0.15, -0.1) is 0 Å². The number of morpholine rings is 1.